The topological polar surface area (TPSA) is 56.2 Å². The normalized spacial score (nSPS) is 16.2. The van der Waals surface area contributed by atoms with Crippen molar-refractivity contribution in [1.82, 2.24) is 4.90 Å². The van der Waals surface area contributed by atoms with Crippen LogP contribution in [0.2, 0.25) is 0 Å². The Kier molecular flexibility index (Phi) is 6.35. The van der Waals surface area contributed by atoms with E-state index in [0.29, 0.717) is 45.1 Å². The van der Waals surface area contributed by atoms with Crippen LogP contribution in [-0.4, -0.2) is 68.2 Å². The van der Waals surface area contributed by atoms with Crippen molar-refractivity contribution < 1.29 is 19.3 Å². The van der Waals surface area contributed by atoms with Crippen LogP contribution in [0.1, 0.15) is 12.5 Å². The number of ether oxygens (including phenoxy) is 1. The number of anilines is 1. The zero-order chi connectivity index (χ0) is 16.9. The van der Waals surface area contributed by atoms with Gasteiger partial charge in [-0.25, -0.2) is 4.39 Å². The van der Waals surface area contributed by atoms with E-state index in [0.717, 1.165) is 5.56 Å². The van der Waals surface area contributed by atoms with E-state index < -0.39 is 5.41 Å². The SMILES string of the molecule is CN(Cc1ccc(N2CCOCC2)c(F)c1)CC(C)(CO)CO. The first-order chi connectivity index (χ1) is 11.0. The molecule has 23 heavy (non-hydrogen) atoms. The van der Waals surface area contributed by atoms with E-state index in [1.165, 1.54) is 0 Å². The zero-order valence-corrected chi connectivity index (χ0v) is 14.0. The van der Waals surface area contributed by atoms with Gasteiger partial charge in [0.1, 0.15) is 5.82 Å². The van der Waals surface area contributed by atoms with Gasteiger partial charge < -0.3 is 24.7 Å². The van der Waals surface area contributed by atoms with Gasteiger partial charge in [0.25, 0.3) is 0 Å². The van der Waals surface area contributed by atoms with Crippen LogP contribution in [0.15, 0.2) is 18.2 Å². The summed E-state index contributed by atoms with van der Waals surface area (Å²) in [5.41, 5.74) is 0.941. The molecule has 1 heterocycles. The standard InChI is InChI=1S/C17H27FN2O3/c1-17(12-21,13-22)11-19(2)10-14-3-4-16(15(18)9-14)20-5-7-23-8-6-20/h3-4,9,21-22H,5-8,10-13H2,1-2H3. The van der Waals surface area contributed by atoms with E-state index in [-0.39, 0.29) is 19.0 Å². The van der Waals surface area contributed by atoms with Crippen molar-refractivity contribution >= 4 is 5.69 Å². The molecule has 1 fully saturated rings. The molecule has 1 aromatic carbocycles. The first-order valence-corrected chi connectivity index (χ1v) is 7.99. The molecular weight excluding hydrogens is 299 g/mol. The van der Waals surface area contributed by atoms with Crippen molar-refractivity contribution in [3.05, 3.63) is 29.6 Å². The number of benzene rings is 1. The Bertz CT molecular complexity index is 503. The summed E-state index contributed by atoms with van der Waals surface area (Å²) in [6, 6.07) is 5.32. The second-order valence-electron chi connectivity index (χ2n) is 6.68. The maximum atomic E-state index is 14.4. The molecule has 130 valence electrons. The predicted molar refractivity (Wildman–Crippen MR) is 88.0 cm³/mol. The molecule has 0 atom stereocenters. The van der Waals surface area contributed by atoms with Crippen LogP contribution >= 0.6 is 0 Å². The number of aliphatic hydroxyl groups is 2. The fourth-order valence-corrected chi connectivity index (χ4v) is 2.88. The van der Waals surface area contributed by atoms with Crippen molar-refractivity contribution in [2.24, 2.45) is 5.41 Å². The molecule has 1 aliphatic rings. The summed E-state index contributed by atoms with van der Waals surface area (Å²) in [7, 11) is 1.90. The van der Waals surface area contributed by atoms with Crippen molar-refractivity contribution in [2.75, 3.05) is 58.0 Å². The zero-order valence-electron chi connectivity index (χ0n) is 14.0. The second-order valence-corrected chi connectivity index (χ2v) is 6.68. The number of nitrogens with zero attached hydrogens (tertiary/aromatic N) is 2. The lowest BCUT2D eigenvalue weighted by atomic mass is 9.92. The van der Waals surface area contributed by atoms with E-state index in [4.69, 9.17) is 4.74 Å². The van der Waals surface area contributed by atoms with Gasteiger partial charge in [-0.15, -0.1) is 0 Å². The molecule has 0 saturated carbocycles. The molecule has 2 N–H and O–H groups in total. The Morgan fingerprint density at radius 2 is 1.91 bits per heavy atom. The quantitative estimate of drug-likeness (QED) is 0.785. The third kappa shape index (κ3) is 4.88. The van der Waals surface area contributed by atoms with Gasteiger partial charge in [0, 0.05) is 31.6 Å². The largest absolute Gasteiger partial charge is 0.396 e. The Morgan fingerprint density at radius 1 is 1.26 bits per heavy atom. The highest BCUT2D eigenvalue weighted by molar-refractivity contribution is 5.49. The molecule has 0 radical (unpaired) electrons. The number of halogens is 1. The van der Waals surface area contributed by atoms with E-state index >= 15 is 0 Å². The van der Waals surface area contributed by atoms with E-state index in [2.05, 4.69) is 0 Å². The van der Waals surface area contributed by atoms with Crippen molar-refractivity contribution in [1.29, 1.82) is 0 Å². The highest BCUT2D eigenvalue weighted by atomic mass is 19.1. The molecule has 0 amide bonds. The Hall–Kier alpha value is -1.21. The monoisotopic (exact) mass is 326 g/mol. The molecule has 1 aromatic rings. The number of morpholine rings is 1. The third-order valence-corrected chi connectivity index (χ3v) is 4.23. The first kappa shape index (κ1) is 18.1. The predicted octanol–water partition coefficient (Wildman–Crippen LogP) is 1.08. The maximum absolute atomic E-state index is 14.4. The van der Waals surface area contributed by atoms with Crippen molar-refractivity contribution in [3.63, 3.8) is 0 Å². The molecule has 0 bridgehead atoms. The highest BCUT2D eigenvalue weighted by Crippen LogP contribution is 2.23. The van der Waals surface area contributed by atoms with Gasteiger partial charge in [-0.3, -0.25) is 0 Å². The lowest BCUT2D eigenvalue weighted by Crippen LogP contribution is -2.38. The molecule has 1 saturated heterocycles. The summed E-state index contributed by atoms with van der Waals surface area (Å²) in [6.07, 6.45) is 0. The van der Waals surface area contributed by atoms with Crippen LogP contribution in [0.3, 0.4) is 0 Å². The summed E-state index contributed by atoms with van der Waals surface area (Å²) in [6.45, 7) is 5.43. The molecule has 0 aliphatic carbocycles. The fourth-order valence-electron chi connectivity index (χ4n) is 2.88. The number of rotatable bonds is 7. The second kappa shape index (κ2) is 8.06. The first-order valence-electron chi connectivity index (χ1n) is 7.99. The van der Waals surface area contributed by atoms with Crippen molar-refractivity contribution in [3.8, 4) is 0 Å². The Balaban J connectivity index is 1.99. The minimum absolute atomic E-state index is 0.0851. The van der Waals surface area contributed by atoms with Crippen LogP contribution < -0.4 is 4.90 Å². The van der Waals surface area contributed by atoms with Crippen LogP contribution in [0.4, 0.5) is 10.1 Å². The van der Waals surface area contributed by atoms with E-state index in [1.807, 2.05) is 35.9 Å². The molecule has 6 heteroatoms. The highest BCUT2D eigenvalue weighted by Gasteiger charge is 2.24. The Labute approximate surface area is 137 Å². The van der Waals surface area contributed by atoms with E-state index in [9.17, 15) is 14.6 Å². The molecule has 2 rings (SSSR count). The number of hydrogen-bond acceptors (Lipinski definition) is 5. The average molecular weight is 326 g/mol. The number of hydrogen-bond donors (Lipinski definition) is 2. The maximum Gasteiger partial charge on any atom is 0.146 e. The van der Waals surface area contributed by atoms with Gasteiger partial charge in [0.05, 0.1) is 32.1 Å². The summed E-state index contributed by atoms with van der Waals surface area (Å²) in [5.74, 6) is -0.218. The summed E-state index contributed by atoms with van der Waals surface area (Å²) >= 11 is 0. The van der Waals surface area contributed by atoms with Gasteiger partial charge in [-0.1, -0.05) is 13.0 Å². The van der Waals surface area contributed by atoms with Gasteiger partial charge >= 0.3 is 0 Å². The average Bonchev–Trinajstić information content (AvgIpc) is 2.55. The summed E-state index contributed by atoms with van der Waals surface area (Å²) in [5, 5.41) is 18.7. The molecule has 1 aliphatic heterocycles. The lowest BCUT2D eigenvalue weighted by molar-refractivity contribution is 0.0402. The minimum atomic E-state index is -0.555. The third-order valence-electron chi connectivity index (χ3n) is 4.23. The van der Waals surface area contributed by atoms with Crippen LogP contribution in [0.25, 0.3) is 0 Å². The van der Waals surface area contributed by atoms with Gasteiger partial charge in [0.15, 0.2) is 0 Å². The van der Waals surface area contributed by atoms with Crippen molar-refractivity contribution in [2.45, 2.75) is 13.5 Å². The molecular formula is C17H27FN2O3. The molecule has 0 spiro atoms. The number of aliphatic hydroxyl groups excluding tert-OH is 2. The van der Waals surface area contributed by atoms with E-state index in [1.54, 1.807) is 6.07 Å². The fraction of sp³-hybridized carbons (Fsp3) is 0.647. The molecule has 0 aromatic heterocycles. The van der Waals surface area contributed by atoms with Gasteiger partial charge in [-0.05, 0) is 24.7 Å². The summed E-state index contributed by atoms with van der Waals surface area (Å²) < 4.78 is 19.7. The smallest absolute Gasteiger partial charge is 0.146 e. The lowest BCUT2D eigenvalue weighted by Gasteiger charge is -2.31. The van der Waals surface area contributed by atoms with Gasteiger partial charge in [0.2, 0.25) is 0 Å². The minimum Gasteiger partial charge on any atom is -0.396 e. The van der Waals surface area contributed by atoms with Crippen LogP contribution in [0.5, 0.6) is 0 Å². The molecule has 0 unspecified atom stereocenters. The van der Waals surface area contributed by atoms with Crippen LogP contribution in [0, 0.1) is 11.2 Å². The summed E-state index contributed by atoms with van der Waals surface area (Å²) in [4.78, 5) is 3.98. The molecule has 5 nitrogen and oxygen atoms in total. The Morgan fingerprint density at radius 3 is 2.48 bits per heavy atom. The van der Waals surface area contributed by atoms with Gasteiger partial charge in [-0.2, -0.15) is 0 Å². The van der Waals surface area contributed by atoms with Crippen LogP contribution in [-0.2, 0) is 11.3 Å².